The average Bonchev–Trinajstić information content (AvgIpc) is 2.24. The Labute approximate surface area is 102 Å². The fourth-order valence-corrected chi connectivity index (χ4v) is 1.22. The van der Waals surface area contributed by atoms with E-state index in [9.17, 15) is 4.79 Å². The number of benzene rings is 1. The van der Waals surface area contributed by atoms with Gasteiger partial charge in [-0.25, -0.2) is 0 Å². The van der Waals surface area contributed by atoms with E-state index in [1.807, 2.05) is 27.7 Å². The van der Waals surface area contributed by atoms with Gasteiger partial charge in [-0.3, -0.25) is 4.79 Å². The van der Waals surface area contributed by atoms with Gasteiger partial charge in [-0.05, 0) is 30.7 Å². The number of nitriles is 1. The lowest BCUT2D eigenvalue weighted by atomic mass is 9.91. The summed E-state index contributed by atoms with van der Waals surface area (Å²) in [6.07, 6.45) is 0. The molecule has 90 valence electrons. The highest BCUT2D eigenvalue weighted by Gasteiger charge is 2.21. The fourth-order valence-electron chi connectivity index (χ4n) is 1.22. The monoisotopic (exact) mass is 231 g/mol. The van der Waals surface area contributed by atoms with Crippen molar-refractivity contribution in [2.45, 2.75) is 27.7 Å². The van der Waals surface area contributed by atoms with E-state index < -0.39 is 0 Å². The summed E-state index contributed by atoms with van der Waals surface area (Å²) >= 11 is 0. The molecule has 0 heterocycles. The summed E-state index contributed by atoms with van der Waals surface area (Å²) in [7, 11) is 0. The Bertz CT molecular complexity index is 464. The first kappa shape index (κ1) is 13.2. The zero-order valence-corrected chi connectivity index (χ0v) is 10.7. The molecular weight excluding hydrogens is 214 g/mol. The van der Waals surface area contributed by atoms with Crippen molar-refractivity contribution >= 4 is 5.78 Å². The summed E-state index contributed by atoms with van der Waals surface area (Å²) in [6, 6.07) is 7.27. The van der Waals surface area contributed by atoms with Crippen molar-refractivity contribution in [3.63, 3.8) is 0 Å². The van der Waals surface area contributed by atoms with Crippen molar-refractivity contribution in [1.29, 1.82) is 5.26 Å². The van der Waals surface area contributed by atoms with Crippen molar-refractivity contribution in [2.75, 3.05) is 6.61 Å². The van der Waals surface area contributed by atoms with Crippen LogP contribution in [0.25, 0.3) is 0 Å². The van der Waals surface area contributed by atoms with Gasteiger partial charge in [0.2, 0.25) is 0 Å². The standard InChI is InChI=1S/C14H17NO2/c1-10-7-12(6-5-11(10)8-15)17-9-13(16)14(2,3)4/h5-7H,9H2,1-4H3. The van der Waals surface area contributed by atoms with Crippen LogP contribution in [0.1, 0.15) is 31.9 Å². The van der Waals surface area contributed by atoms with Crippen LogP contribution in [0.2, 0.25) is 0 Å². The van der Waals surface area contributed by atoms with E-state index in [2.05, 4.69) is 6.07 Å². The highest BCUT2D eigenvalue weighted by Crippen LogP contribution is 2.19. The number of carbonyl (C=O) groups is 1. The third-order valence-electron chi connectivity index (χ3n) is 2.52. The van der Waals surface area contributed by atoms with Gasteiger partial charge in [-0.1, -0.05) is 20.8 Å². The number of ketones is 1. The van der Waals surface area contributed by atoms with E-state index in [1.165, 1.54) is 0 Å². The maximum absolute atomic E-state index is 11.7. The molecule has 0 aliphatic rings. The van der Waals surface area contributed by atoms with E-state index in [0.717, 1.165) is 5.56 Å². The summed E-state index contributed by atoms with van der Waals surface area (Å²) in [6.45, 7) is 7.50. The van der Waals surface area contributed by atoms with Crippen LogP contribution in [0.15, 0.2) is 18.2 Å². The minimum Gasteiger partial charge on any atom is -0.486 e. The first-order valence-corrected chi connectivity index (χ1v) is 5.51. The molecule has 0 spiro atoms. The first-order chi connectivity index (χ1) is 7.84. The third kappa shape index (κ3) is 3.60. The molecule has 0 aliphatic carbocycles. The molecule has 0 unspecified atom stereocenters. The zero-order chi connectivity index (χ0) is 13.1. The Kier molecular flexibility index (Phi) is 3.90. The predicted octanol–water partition coefficient (Wildman–Crippen LogP) is 2.86. The van der Waals surface area contributed by atoms with E-state index in [1.54, 1.807) is 18.2 Å². The number of hydrogen-bond donors (Lipinski definition) is 0. The van der Waals surface area contributed by atoms with Gasteiger partial charge in [-0.2, -0.15) is 5.26 Å². The lowest BCUT2D eigenvalue weighted by molar-refractivity contribution is -0.128. The number of rotatable bonds is 3. The summed E-state index contributed by atoms with van der Waals surface area (Å²) in [5, 5.41) is 8.79. The van der Waals surface area contributed by atoms with Gasteiger partial charge in [-0.15, -0.1) is 0 Å². The van der Waals surface area contributed by atoms with Crippen molar-refractivity contribution in [1.82, 2.24) is 0 Å². The molecule has 0 aromatic heterocycles. The fraction of sp³-hybridized carbons (Fsp3) is 0.429. The highest BCUT2D eigenvalue weighted by molar-refractivity contribution is 5.85. The zero-order valence-electron chi connectivity index (χ0n) is 10.7. The van der Waals surface area contributed by atoms with Gasteiger partial charge >= 0.3 is 0 Å². The molecule has 17 heavy (non-hydrogen) atoms. The largest absolute Gasteiger partial charge is 0.486 e. The third-order valence-corrected chi connectivity index (χ3v) is 2.52. The van der Waals surface area contributed by atoms with Crippen molar-refractivity contribution in [3.8, 4) is 11.8 Å². The Balaban J connectivity index is 2.69. The topological polar surface area (TPSA) is 50.1 Å². The summed E-state index contributed by atoms with van der Waals surface area (Å²) in [5.41, 5.74) is 1.09. The van der Waals surface area contributed by atoms with Crippen LogP contribution in [-0.2, 0) is 4.79 Å². The maximum Gasteiger partial charge on any atom is 0.175 e. The number of carbonyl (C=O) groups excluding carboxylic acids is 1. The molecule has 3 heteroatoms. The predicted molar refractivity (Wildman–Crippen MR) is 65.9 cm³/mol. The van der Waals surface area contributed by atoms with Crippen LogP contribution in [0.3, 0.4) is 0 Å². The molecule has 0 fully saturated rings. The molecule has 0 radical (unpaired) electrons. The van der Waals surface area contributed by atoms with E-state index in [4.69, 9.17) is 10.00 Å². The average molecular weight is 231 g/mol. The molecule has 0 amide bonds. The van der Waals surface area contributed by atoms with Crippen LogP contribution >= 0.6 is 0 Å². The SMILES string of the molecule is Cc1cc(OCC(=O)C(C)(C)C)ccc1C#N. The Morgan fingerprint density at radius 2 is 2.06 bits per heavy atom. The van der Waals surface area contributed by atoms with Gasteiger partial charge in [0.15, 0.2) is 5.78 Å². The number of Topliss-reactive ketones (excluding diaryl/α,β-unsaturated/α-hetero) is 1. The van der Waals surface area contributed by atoms with Crippen LogP contribution in [0, 0.1) is 23.7 Å². The summed E-state index contributed by atoms with van der Waals surface area (Å²) in [5.74, 6) is 0.679. The van der Waals surface area contributed by atoms with Crippen molar-refractivity contribution < 1.29 is 9.53 Å². The smallest absolute Gasteiger partial charge is 0.175 e. The number of hydrogen-bond acceptors (Lipinski definition) is 3. The Hall–Kier alpha value is -1.82. The van der Waals surface area contributed by atoms with Gasteiger partial charge < -0.3 is 4.74 Å². The van der Waals surface area contributed by atoms with Crippen LogP contribution in [-0.4, -0.2) is 12.4 Å². The van der Waals surface area contributed by atoms with Crippen LogP contribution in [0.4, 0.5) is 0 Å². The molecule has 0 atom stereocenters. The van der Waals surface area contributed by atoms with Gasteiger partial charge in [0, 0.05) is 5.41 Å². The van der Waals surface area contributed by atoms with Gasteiger partial charge in [0.25, 0.3) is 0 Å². The highest BCUT2D eigenvalue weighted by atomic mass is 16.5. The number of aryl methyl sites for hydroxylation is 1. The molecule has 1 aromatic rings. The van der Waals surface area contributed by atoms with Crippen LogP contribution in [0.5, 0.6) is 5.75 Å². The molecule has 1 aromatic carbocycles. The molecule has 0 N–H and O–H groups in total. The number of nitrogens with zero attached hydrogens (tertiary/aromatic N) is 1. The second-order valence-corrected chi connectivity index (χ2v) is 5.05. The molecule has 1 rings (SSSR count). The minimum atomic E-state index is -0.387. The summed E-state index contributed by atoms with van der Waals surface area (Å²) < 4.78 is 5.42. The summed E-state index contributed by atoms with van der Waals surface area (Å²) in [4.78, 5) is 11.7. The van der Waals surface area contributed by atoms with E-state index >= 15 is 0 Å². The molecule has 0 bridgehead atoms. The van der Waals surface area contributed by atoms with Crippen molar-refractivity contribution in [2.24, 2.45) is 5.41 Å². The number of ether oxygens (including phenoxy) is 1. The molecule has 0 aliphatic heterocycles. The second-order valence-electron chi connectivity index (χ2n) is 5.05. The normalized spacial score (nSPS) is 10.8. The maximum atomic E-state index is 11.7. The minimum absolute atomic E-state index is 0.0551. The van der Waals surface area contributed by atoms with E-state index in [0.29, 0.717) is 11.3 Å². The lowest BCUT2D eigenvalue weighted by Gasteiger charge is -2.16. The quantitative estimate of drug-likeness (QED) is 0.803. The van der Waals surface area contributed by atoms with E-state index in [-0.39, 0.29) is 17.8 Å². The van der Waals surface area contributed by atoms with Crippen LogP contribution < -0.4 is 4.74 Å². The Morgan fingerprint density at radius 1 is 1.41 bits per heavy atom. The first-order valence-electron chi connectivity index (χ1n) is 5.51. The van der Waals surface area contributed by atoms with Gasteiger partial charge in [0.1, 0.15) is 12.4 Å². The molecule has 0 saturated carbocycles. The molecular formula is C14H17NO2. The Morgan fingerprint density at radius 3 is 2.53 bits per heavy atom. The molecule has 0 saturated heterocycles. The molecule has 3 nitrogen and oxygen atoms in total. The van der Waals surface area contributed by atoms with Crippen molar-refractivity contribution in [3.05, 3.63) is 29.3 Å². The van der Waals surface area contributed by atoms with Gasteiger partial charge in [0.05, 0.1) is 11.6 Å². The second kappa shape index (κ2) is 5.01. The lowest BCUT2D eigenvalue weighted by Crippen LogP contribution is -2.26.